The summed E-state index contributed by atoms with van der Waals surface area (Å²) in [6, 6.07) is 4.49. The molecule has 0 aliphatic carbocycles. The maximum atomic E-state index is 10.8. The van der Waals surface area contributed by atoms with Crippen LogP contribution in [0.15, 0.2) is 18.2 Å². The number of hydrogen-bond acceptors (Lipinski definition) is 5. The molecule has 0 radical (unpaired) electrons. The summed E-state index contributed by atoms with van der Waals surface area (Å²) in [5, 5.41) is 20.3. The molecule has 6 heteroatoms. The lowest BCUT2D eigenvalue weighted by molar-refractivity contribution is -0.387. The molecule has 1 rings (SSSR count). The van der Waals surface area contributed by atoms with Gasteiger partial charge in [-0.15, -0.1) is 0 Å². The number of benzene rings is 1. The van der Waals surface area contributed by atoms with E-state index in [9.17, 15) is 15.2 Å². The van der Waals surface area contributed by atoms with Gasteiger partial charge in [0.2, 0.25) is 0 Å². The zero-order valence-electron chi connectivity index (χ0n) is 8.21. The number of hydrogen-bond donors (Lipinski definition) is 2. The first-order valence-corrected chi connectivity index (χ1v) is 4.31. The van der Waals surface area contributed by atoms with Crippen LogP contribution in [0.2, 0.25) is 0 Å². The minimum absolute atomic E-state index is 0.0754. The fourth-order valence-electron chi connectivity index (χ4n) is 1.30. The molecule has 0 saturated carbocycles. The smallest absolute Gasteiger partial charge is 0.316 e. The molecule has 0 aliphatic heterocycles. The molecule has 0 bridgehead atoms. The van der Waals surface area contributed by atoms with E-state index in [1.807, 2.05) is 0 Å². The maximum absolute atomic E-state index is 10.8. The van der Waals surface area contributed by atoms with Gasteiger partial charge in [0, 0.05) is 6.54 Å². The topological polar surface area (TPSA) is 98.6 Å². The minimum atomic E-state index is -1.06. The number of nitro groups is 1. The summed E-state index contributed by atoms with van der Waals surface area (Å²) < 4.78 is 4.85. The molecule has 3 N–H and O–H groups in total. The van der Waals surface area contributed by atoms with Gasteiger partial charge in [0.25, 0.3) is 0 Å². The SMILES string of the molecule is COc1cccc([C@H](O)CN)c1[N+](=O)[O-]. The van der Waals surface area contributed by atoms with Crippen LogP contribution in [0.1, 0.15) is 11.7 Å². The van der Waals surface area contributed by atoms with Crippen molar-refractivity contribution < 1.29 is 14.8 Å². The first-order valence-electron chi connectivity index (χ1n) is 4.31. The normalized spacial score (nSPS) is 12.2. The van der Waals surface area contributed by atoms with Gasteiger partial charge < -0.3 is 15.6 Å². The maximum Gasteiger partial charge on any atom is 0.316 e. The van der Waals surface area contributed by atoms with E-state index >= 15 is 0 Å². The third-order valence-electron chi connectivity index (χ3n) is 2.01. The minimum Gasteiger partial charge on any atom is -0.490 e. The molecule has 0 spiro atoms. The highest BCUT2D eigenvalue weighted by molar-refractivity contribution is 5.53. The Labute approximate surface area is 86.4 Å². The first-order chi connectivity index (χ1) is 7.11. The lowest BCUT2D eigenvalue weighted by Crippen LogP contribution is -2.13. The van der Waals surface area contributed by atoms with Gasteiger partial charge in [-0.3, -0.25) is 10.1 Å². The Balaban J connectivity index is 3.31. The van der Waals surface area contributed by atoms with Gasteiger partial charge in [-0.2, -0.15) is 0 Å². The first kappa shape index (κ1) is 11.4. The van der Waals surface area contributed by atoms with Gasteiger partial charge in [-0.25, -0.2) is 0 Å². The third kappa shape index (κ3) is 2.23. The Morgan fingerprint density at radius 1 is 1.67 bits per heavy atom. The second-order valence-electron chi connectivity index (χ2n) is 2.91. The van der Waals surface area contributed by atoms with Crippen LogP contribution in [0.4, 0.5) is 5.69 Å². The highest BCUT2D eigenvalue weighted by Gasteiger charge is 2.24. The second kappa shape index (κ2) is 4.72. The number of aliphatic hydroxyl groups is 1. The number of nitrogens with zero attached hydrogens (tertiary/aromatic N) is 1. The Hall–Kier alpha value is -1.66. The quantitative estimate of drug-likeness (QED) is 0.562. The van der Waals surface area contributed by atoms with E-state index in [-0.39, 0.29) is 23.5 Å². The fraction of sp³-hybridized carbons (Fsp3) is 0.333. The van der Waals surface area contributed by atoms with Crippen LogP contribution in [-0.4, -0.2) is 23.7 Å². The van der Waals surface area contributed by atoms with Crippen molar-refractivity contribution in [3.8, 4) is 5.75 Å². The summed E-state index contributed by atoms with van der Waals surface area (Å²) in [5.74, 6) is 0.116. The average Bonchev–Trinajstić information content (AvgIpc) is 2.26. The van der Waals surface area contributed by atoms with Crippen LogP contribution in [0.5, 0.6) is 5.75 Å². The highest BCUT2D eigenvalue weighted by Crippen LogP contribution is 2.33. The van der Waals surface area contributed by atoms with Crippen molar-refractivity contribution in [1.82, 2.24) is 0 Å². The number of methoxy groups -OCH3 is 1. The van der Waals surface area contributed by atoms with Crippen molar-refractivity contribution >= 4 is 5.69 Å². The Morgan fingerprint density at radius 3 is 2.80 bits per heavy atom. The summed E-state index contributed by atoms with van der Waals surface area (Å²) in [4.78, 5) is 10.2. The summed E-state index contributed by atoms with van der Waals surface area (Å²) in [6.45, 7) is -0.0754. The highest BCUT2D eigenvalue weighted by atomic mass is 16.6. The zero-order valence-corrected chi connectivity index (χ0v) is 8.21. The van der Waals surface area contributed by atoms with Gasteiger partial charge in [0.1, 0.15) is 0 Å². The molecular weight excluding hydrogens is 200 g/mol. The number of ether oxygens (including phenoxy) is 1. The van der Waals surface area contributed by atoms with Crippen LogP contribution >= 0.6 is 0 Å². The van der Waals surface area contributed by atoms with Crippen LogP contribution in [0, 0.1) is 10.1 Å². The molecular formula is C9H12N2O4. The fourth-order valence-corrected chi connectivity index (χ4v) is 1.30. The summed E-state index contributed by atoms with van der Waals surface area (Å²) in [6.07, 6.45) is -1.06. The molecule has 0 saturated heterocycles. The van der Waals surface area contributed by atoms with E-state index in [0.29, 0.717) is 0 Å². The van der Waals surface area contributed by atoms with Crippen molar-refractivity contribution in [2.75, 3.05) is 13.7 Å². The molecule has 6 nitrogen and oxygen atoms in total. The lowest BCUT2D eigenvalue weighted by atomic mass is 10.1. The van der Waals surface area contributed by atoms with Crippen LogP contribution < -0.4 is 10.5 Å². The van der Waals surface area contributed by atoms with Crippen LogP contribution in [-0.2, 0) is 0 Å². The number of aliphatic hydroxyl groups excluding tert-OH is 1. The van der Waals surface area contributed by atoms with Gasteiger partial charge in [-0.05, 0) is 12.1 Å². The molecule has 1 aromatic rings. The summed E-state index contributed by atoms with van der Waals surface area (Å²) in [7, 11) is 1.33. The molecule has 0 aliphatic rings. The van der Waals surface area contributed by atoms with Gasteiger partial charge in [0.05, 0.1) is 23.7 Å². The average molecular weight is 212 g/mol. The van der Waals surface area contributed by atoms with E-state index in [1.54, 1.807) is 6.07 Å². The Morgan fingerprint density at radius 2 is 2.33 bits per heavy atom. The number of rotatable bonds is 4. The number of para-hydroxylation sites is 1. The standard InChI is InChI=1S/C9H12N2O4/c1-15-8-4-2-3-6(7(12)5-10)9(8)11(13)14/h2-4,7,12H,5,10H2,1H3/t7-/m1/s1. The molecule has 1 aromatic carbocycles. The van der Waals surface area contributed by atoms with Crippen molar-refractivity contribution in [2.24, 2.45) is 5.73 Å². The Bertz CT molecular complexity index is 367. The molecule has 0 unspecified atom stereocenters. The number of nitro benzene ring substituents is 1. The molecule has 0 aromatic heterocycles. The van der Waals surface area contributed by atoms with E-state index in [0.717, 1.165) is 0 Å². The molecule has 0 amide bonds. The summed E-state index contributed by atoms with van der Waals surface area (Å²) >= 11 is 0. The van der Waals surface area contributed by atoms with E-state index in [2.05, 4.69) is 0 Å². The molecule has 82 valence electrons. The van der Waals surface area contributed by atoms with E-state index < -0.39 is 11.0 Å². The van der Waals surface area contributed by atoms with Gasteiger partial charge in [0.15, 0.2) is 5.75 Å². The van der Waals surface area contributed by atoms with Gasteiger partial charge in [-0.1, -0.05) is 6.07 Å². The molecule has 0 heterocycles. The zero-order chi connectivity index (χ0) is 11.4. The number of nitrogens with two attached hydrogens (primary N) is 1. The van der Waals surface area contributed by atoms with Crippen LogP contribution in [0.25, 0.3) is 0 Å². The van der Waals surface area contributed by atoms with E-state index in [4.69, 9.17) is 10.5 Å². The lowest BCUT2D eigenvalue weighted by Gasteiger charge is -2.10. The Kier molecular flexibility index (Phi) is 3.59. The molecule has 0 fully saturated rings. The van der Waals surface area contributed by atoms with Crippen molar-refractivity contribution in [3.63, 3.8) is 0 Å². The summed E-state index contributed by atoms with van der Waals surface area (Å²) in [5.41, 5.74) is 5.18. The van der Waals surface area contributed by atoms with Gasteiger partial charge >= 0.3 is 5.69 Å². The van der Waals surface area contributed by atoms with Crippen molar-refractivity contribution in [2.45, 2.75) is 6.10 Å². The largest absolute Gasteiger partial charge is 0.490 e. The molecule has 1 atom stereocenters. The van der Waals surface area contributed by atoms with Crippen LogP contribution in [0.3, 0.4) is 0 Å². The second-order valence-corrected chi connectivity index (χ2v) is 2.91. The van der Waals surface area contributed by atoms with Crippen molar-refractivity contribution in [3.05, 3.63) is 33.9 Å². The predicted molar refractivity (Wildman–Crippen MR) is 53.7 cm³/mol. The van der Waals surface area contributed by atoms with E-state index in [1.165, 1.54) is 19.2 Å². The third-order valence-corrected chi connectivity index (χ3v) is 2.01. The van der Waals surface area contributed by atoms with Crippen molar-refractivity contribution in [1.29, 1.82) is 0 Å². The molecule has 15 heavy (non-hydrogen) atoms. The predicted octanol–water partition coefficient (Wildman–Crippen LogP) is 0.595. The monoisotopic (exact) mass is 212 g/mol.